The van der Waals surface area contributed by atoms with E-state index in [1.165, 1.54) is 12.3 Å². The lowest BCUT2D eigenvalue weighted by Crippen LogP contribution is -2.14. The second kappa shape index (κ2) is 5.06. The van der Waals surface area contributed by atoms with E-state index < -0.39 is 10.4 Å². The van der Waals surface area contributed by atoms with Gasteiger partial charge in [0.05, 0.1) is 11.1 Å². The maximum atomic E-state index is 11.1. The lowest BCUT2D eigenvalue weighted by atomic mass is 10.2. The molecule has 1 aromatic heterocycles. The van der Waals surface area contributed by atoms with Gasteiger partial charge in [-0.05, 0) is 5.92 Å². The molecule has 0 radical (unpaired) electrons. The Morgan fingerprint density at radius 3 is 2.87 bits per heavy atom. The van der Waals surface area contributed by atoms with Crippen LogP contribution in [-0.4, -0.2) is 14.8 Å². The first-order valence-corrected chi connectivity index (χ1v) is 5.57. The SMILES string of the molecule is CC(CBr)Cn1ccc(=O)c([N+](=O)[O-])c1. The van der Waals surface area contributed by atoms with Gasteiger partial charge in [0, 0.05) is 24.1 Å². The molecule has 1 atom stereocenters. The summed E-state index contributed by atoms with van der Waals surface area (Å²) in [7, 11) is 0. The molecule has 1 heterocycles. The summed E-state index contributed by atoms with van der Waals surface area (Å²) in [4.78, 5) is 21.0. The van der Waals surface area contributed by atoms with Crippen molar-refractivity contribution < 1.29 is 4.92 Å². The Morgan fingerprint density at radius 1 is 1.67 bits per heavy atom. The number of nitro groups is 1. The van der Waals surface area contributed by atoms with Crippen LogP contribution in [0.3, 0.4) is 0 Å². The van der Waals surface area contributed by atoms with Gasteiger partial charge in [0.2, 0.25) is 0 Å². The molecular weight excluding hydrogens is 264 g/mol. The maximum Gasteiger partial charge on any atom is 0.332 e. The van der Waals surface area contributed by atoms with Gasteiger partial charge in [-0.1, -0.05) is 22.9 Å². The van der Waals surface area contributed by atoms with Gasteiger partial charge in [-0.15, -0.1) is 0 Å². The molecule has 0 aliphatic carbocycles. The molecule has 6 heteroatoms. The van der Waals surface area contributed by atoms with Crippen molar-refractivity contribution in [2.45, 2.75) is 13.5 Å². The molecule has 1 rings (SSSR count). The minimum atomic E-state index is -0.655. The van der Waals surface area contributed by atoms with Gasteiger partial charge < -0.3 is 4.57 Å². The van der Waals surface area contributed by atoms with Crippen molar-refractivity contribution in [2.75, 3.05) is 5.33 Å². The van der Waals surface area contributed by atoms with Crippen LogP contribution in [0.5, 0.6) is 0 Å². The molecule has 1 aromatic rings. The van der Waals surface area contributed by atoms with Crippen LogP contribution < -0.4 is 5.43 Å². The minimum Gasteiger partial charge on any atom is -0.348 e. The average Bonchev–Trinajstić information content (AvgIpc) is 2.20. The summed E-state index contributed by atoms with van der Waals surface area (Å²) in [5, 5.41) is 11.3. The third-order valence-electron chi connectivity index (χ3n) is 1.94. The van der Waals surface area contributed by atoms with Gasteiger partial charge in [-0.3, -0.25) is 14.9 Å². The molecule has 15 heavy (non-hydrogen) atoms. The van der Waals surface area contributed by atoms with Crippen LogP contribution in [0.25, 0.3) is 0 Å². The molecule has 0 aromatic carbocycles. The first-order chi connectivity index (χ1) is 7.04. The Hall–Kier alpha value is -1.17. The van der Waals surface area contributed by atoms with E-state index in [9.17, 15) is 14.9 Å². The molecule has 0 saturated heterocycles. The van der Waals surface area contributed by atoms with Crippen LogP contribution >= 0.6 is 15.9 Å². The molecule has 0 fully saturated rings. The van der Waals surface area contributed by atoms with E-state index in [0.29, 0.717) is 12.5 Å². The molecule has 0 amide bonds. The number of rotatable bonds is 4. The predicted octanol–water partition coefficient (Wildman–Crippen LogP) is 1.79. The number of alkyl halides is 1. The number of hydrogen-bond donors (Lipinski definition) is 0. The van der Waals surface area contributed by atoms with E-state index in [1.807, 2.05) is 6.92 Å². The van der Waals surface area contributed by atoms with Crippen molar-refractivity contribution in [1.82, 2.24) is 4.57 Å². The smallest absolute Gasteiger partial charge is 0.332 e. The zero-order valence-corrected chi connectivity index (χ0v) is 9.81. The summed E-state index contributed by atoms with van der Waals surface area (Å²) >= 11 is 3.33. The molecule has 82 valence electrons. The average molecular weight is 275 g/mol. The number of halogens is 1. The normalized spacial score (nSPS) is 12.4. The summed E-state index contributed by atoms with van der Waals surface area (Å²) < 4.78 is 1.66. The highest BCUT2D eigenvalue weighted by molar-refractivity contribution is 9.09. The van der Waals surface area contributed by atoms with Crippen LogP contribution in [0.4, 0.5) is 5.69 Å². The summed E-state index contributed by atoms with van der Waals surface area (Å²) in [6.45, 7) is 2.66. The zero-order chi connectivity index (χ0) is 11.4. The minimum absolute atomic E-state index is 0.354. The summed E-state index contributed by atoms with van der Waals surface area (Å²) in [5.41, 5.74) is -0.929. The Morgan fingerprint density at radius 2 is 2.33 bits per heavy atom. The molecule has 0 spiro atoms. The van der Waals surface area contributed by atoms with Crippen molar-refractivity contribution in [3.05, 3.63) is 38.8 Å². The van der Waals surface area contributed by atoms with Crippen molar-refractivity contribution in [1.29, 1.82) is 0 Å². The third kappa shape index (κ3) is 3.16. The van der Waals surface area contributed by atoms with Crippen molar-refractivity contribution in [3.63, 3.8) is 0 Å². The largest absolute Gasteiger partial charge is 0.348 e. The van der Waals surface area contributed by atoms with Gasteiger partial charge in [-0.2, -0.15) is 0 Å². The standard InChI is InChI=1S/C9H11BrN2O3/c1-7(4-10)5-11-3-2-9(13)8(6-11)12(14)15/h2-3,6-7H,4-5H2,1H3. The molecule has 0 saturated carbocycles. The Balaban J connectivity index is 2.98. The second-order valence-electron chi connectivity index (χ2n) is 3.41. The Kier molecular flexibility index (Phi) is 4.02. The van der Waals surface area contributed by atoms with E-state index in [2.05, 4.69) is 15.9 Å². The van der Waals surface area contributed by atoms with Crippen LogP contribution in [0.2, 0.25) is 0 Å². The highest BCUT2D eigenvalue weighted by Crippen LogP contribution is 2.07. The van der Waals surface area contributed by atoms with E-state index >= 15 is 0 Å². The molecule has 0 aliphatic heterocycles. The predicted molar refractivity (Wildman–Crippen MR) is 60.3 cm³/mol. The van der Waals surface area contributed by atoms with Crippen LogP contribution in [0.15, 0.2) is 23.3 Å². The Bertz CT molecular complexity index is 416. The first-order valence-electron chi connectivity index (χ1n) is 4.45. The zero-order valence-electron chi connectivity index (χ0n) is 8.22. The van der Waals surface area contributed by atoms with Crippen molar-refractivity contribution >= 4 is 21.6 Å². The fourth-order valence-electron chi connectivity index (χ4n) is 1.17. The quantitative estimate of drug-likeness (QED) is 0.478. The number of pyridine rings is 1. The van der Waals surface area contributed by atoms with E-state index in [0.717, 1.165) is 5.33 Å². The topological polar surface area (TPSA) is 65.1 Å². The monoisotopic (exact) mass is 274 g/mol. The van der Waals surface area contributed by atoms with Gasteiger partial charge >= 0.3 is 5.69 Å². The summed E-state index contributed by atoms with van der Waals surface area (Å²) in [6, 6.07) is 1.22. The third-order valence-corrected chi connectivity index (χ3v) is 3.05. The van der Waals surface area contributed by atoms with E-state index in [4.69, 9.17) is 0 Å². The van der Waals surface area contributed by atoms with Crippen molar-refractivity contribution in [2.24, 2.45) is 5.92 Å². The number of nitrogens with zero attached hydrogens (tertiary/aromatic N) is 2. The summed E-state index contributed by atoms with van der Waals surface area (Å²) in [6.07, 6.45) is 2.84. The molecule has 1 unspecified atom stereocenters. The van der Waals surface area contributed by atoms with Gasteiger partial charge in [-0.25, -0.2) is 0 Å². The second-order valence-corrected chi connectivity index (χ2v) is 4.06. The number of aromatic nitrogens is 1. The fourth-order valence-corrected chi connectivity index (χ4v) is 1.38. The van der Waals surface area contributed by atoms with Gasteiger partial charge in [0.1, 0.15) is 0 Å². The summed E-state index contributed by atoms with van der Waals surface area (Å²) in [5.74, 6) is 0.354. The van der Waals surface area contributed by atoms with Crippen LogP contribution in [-0.2, 0) is 6.54 Å². The molecule has 0 bridgehead atoms. The Labute approximate surface area is 95.0 Å². The first kappa shape index (κ1) is 11.9. The lowest BCUT2D eigenvalue weighted by Gasteiger charge is -2.10. The maximum absolute atomic E-state index is 11.1. The van der Waals surface area contributed by atoms with Gasteiger partial charge in [0.25, 0.3) is 5.43 Å². The van der Waals surface area contributed by atoms with Crippen molar-refractivity contribution in [3.8, 4) is 0 Å². The van der Waals surface area contributed by atoms with Gasteiger partial charge in [0.15, 0.2) is 0 Å². The molecule has 0 N–H and O–H groups in total. The molecular formula is C9H11BrN2O3. The van der Waals surface area contributed by atoms with E-state index in [1.54, 1.807) is 10.8 Å². The van der Waals surface area contributed by atoms with Crippen LogP contribution in [0.1, 0.15) is 6.92 Å². The number of hydrogen-bond acceptors (Lipinski definition) is 3. The highest BCUT2D eigenvalue weighted by atomic mass is 79.9. The van der Waals surface area contributed by atoms with Crippen LogP contribution in [0, 0.1) is 16.0 Å². The molecule has 0 aliphatic rings. The van der Waals surface area contributed by atoms with E-state index in [-0.39, 0.29) is 5.69 Å². The lowest BCUT2D eigenvalue weighted by molar-refractivity contribution is -0.386. The molecule has 5 nitrogen and oxygen atoms in total. The highest BCUT2D eigenvalue weighted by Gasteiger charge is 2.12. The fraction of sp³-hybridized carbons (Fsp3) is 0.444.